The molecule has 0 aromatic heterocycles. The number of hydrogen-bond donors (Lipinski definition) is 3. The molecule has 0 aliphatic rings. The monoisotopic (exact) mass is 312 g/mol. The van der Waals surface area contributed by atoms with Crippen molar-refractivity contribution in [2.45, 2.75) is 0 Å². The third kappa shape index (κ3) is 5.35. The van der Waals surface area contributed by atoms with Crippen LogP contribution in [0.1, 0.15) is 10.4 Å². The summed E-state index contributed by atoms with van der Waals surface area (Å²) in [4.78, 5) is 16.1. The molecular weight excluding hydrogens is 292 g/mol. The van der Waals surface area contributed by atoms with E-state index in [2.05, 4.69) is 15.6 Å². The van der Waals surface area contributed by atoms with Crippen molar-refractivity contribution in [1.29, 1.82) is 0 Å². The quantitative estimate of drug-likeness (QED) is 0.431. The van der Waals surface area contributed by atoms with Crippen molar-refractivity contribution in [3.8, 4) is 5.75 Å². The molecule has 0 spiro atoms. The van der Waals surface area contributed by atoms with Crippen LogP contribution in [-0.2, 0) is 0 Å². The average molecular weight is 312 g/mol. The van der Waals surface area contributed by atoms with E-state index in [0.29, 0.717) is 30.4 Å². The van der Waals surface area contributed by atoms with Gasteiger partial charge in [-0.05, 0) is 36.4 Å². The Balaban J connectivity index is 1.75. The number of methoxy groups -OCH3 is 1. The van der Waals surface area contributed by atoms with E-state index in [1.165, 1.54) is 0 Å². The second-order valence-electron chi connectivity index (χ2n) is 4.74. The highest BCUT2D eigenvalue weighted by molar-refractivity contribution is 5.94. The third-order valence-corrected chi connectivity index (χ3v) is 3.08. The predicted octanol–water partition coefficient (Wildman–Crippen LogP) is 1.85. The van der Waals surface area contributed by atoms with Crippen molar-refractivity contribution >= 4 is 17.6 Å². The maximum Gasteiger partial charge on any atom is 0.251 e. The highest BCUT2D eigenvalue weighted by atomic mass is 16.5. The first-order chi connectivity index (χ1) is 11.2. The molecule has 1 amide bonds. The van der Waals surface area contributed by atoms with Gasteiger partial charge in [0.2, 0.25) is 0 Å². The minimum atomic E-state index is -0.155. The highest BCUT2D eigenvalue weighted by Gasteiger charge is 2.04. The Kier molecular flexibility index (Phi) is 5.99. The van der Waals surface area contributed by atoms with Crippen molar-refractivity contribution in [2.75, 3.05) is 25.5 Å². The second-order valence-corrected chi connectivity index (χ2v) is 4.74. The van der Waals surface area contributed by atoms with Crippen molar-refractivity contribution in [3.63, 3.8) is 0 Å². The van der Waals surface area contributed by atoms with E-state index in [1.807, 2.05) is 30.3 Å². The van der Waals surface area contributed by atoms with Gasteiger partial charge in [-0.2, -0.15) is 0 Å². The molecule has 0 radical (unpaired) electrons. The number of guanidine groups is 1. The van der Waals surface area contributed by atoms with Gasteiger partial charge in [-0.15, -0.1) is 0 Å². The van der Waals surface area contributed by atoms with Crippen LogP contribution in [0.5, 0.6) is 5.75 Å². The first-order valence-corrected chi connectivity index (χ1v) is 7.23. The standard InChI is InChI=1S/C17H20N4O2/c1-23-15-9-7-13(8-10-15)16(22)19-11-12-20-17(18)21-14-5-3-2-4-6-14/h2-10H,11-12H2,1H3,(H,19,22)(H3,18,20,21). The SMILES string of the molecule is COc1ccc(C(=O)NCCN=C(N)Nc2ccccc2)cc1. The summed E-state index contributed by atoms with van der Waals surface area (Å²) >= 11 is 0. The van der Waals surface area contributed by atoms with E-state index in [4.69, 9.17) is 10.5 Å². The van der Waals surface area contributed by atoms with E-state index >= 15 is 0 Å². The fourth-order valence-corrected chi connectivity index (χ4v) is 1.90. The van der Waals surface area contributed by atoms with Crippen LogP contribution in [0.3, 0.4) is 0 Å². The first kappa shape index (κ1) is 16.4. The van der Waals surface area contributed by atoms with Crippen LogP contribution in [0.15, 0.2) is 59.6 Å². The average Bonchev–Trinajstić information content (AvgIpc) is 2.59. The molecule has 6 heteroatoms. The number of carbonyl (C=O) groups excluding carboxylic acids is 1. The summed E-state index contributed by atoms with van der Waals surface area (Å²) in [5, 5.41) is 5.76. The number of ether oxygens (including phenoxy) is 1. The topological polar surface area (TPSA) is 88.7 Å². The van der Waals surface area contributed by atoms with Crippen LogP contribution in [0.2, 0.25) is 0 Å². The fraction of sp³-hybridized carbons (Fsp3) is 0.176. The molecule has 0 bridgehead atoms. The number of anilines is 1. The molecule has 2 rings (SSSR count). The summed E-state index contributed by atoms with van der Waals surface area (Å²) in [6.07, 6.45) is 0. The zero-order valence-corrected chi connectivity index (χ0v) is 13.0. The molecule has 6 nitrogen and oxygen atoms in total. The first-order valence-electron chi connectivity index (χ1n) is 7.23. The van der Waals surface area contributed by atoms with Crippen molar-refractivity contribution in [1.82, 2.24) is 5.32 Å². The van der Waals surface area contributed by atoms with E-state index in [0.717, 1.165) is 5.69 Å². The van der Waals surface area contributed by atoms with Crippen LogP contribution < -0.4 is 21.1 Å². The summed E-state index contributed by atoms with van der Waals surface area (Å²) in [6.45, 7) is 0.801. The molecule has 23 heavy (non-hydrogen) atoms. The minimum absolute atomic E-state index is 0.155. The molecule has 0 saturated carbocycles. The molecule has 4 N–H and O–H groups in total. The number of aliphatic imine (C=N–C) groups is 1. The van der Waals surface area contributed by atoms with Gasteiger partial charge in [0.1, 0.15) is 5.75 Å². The number of rotatable bonds is 6. The van der Waals surface area contributed by atoms with Gasteiger partial charge in [0.25, 0.3) is 5.91 Å². The minimum Gasteiger partial charge on any atom is -0.497 e. The van der Waals surface area contributed by atoms with Gasteiger partial charge in [-0.25, -0.2) is 0 Å². The summed E-state index contributed by atoms with van der Waals surface area (Å²) in [6, 6.07) is 16.4. The highest BCUT2D eigenvalue weighted by Crippen LogP contribution is 2.10. The lowest BCUT2D eigenvalue weighted by atomic mass is 10.2. The zero-order chi connectivity index (χ0) is 16.5. The number of benzene rings is 2. The summed E-state index contributed by atoms with van der Waals surface area (Å²) in [5.74, 6) is 0.873. The molecule has 0 saturated heterocycles. The molecule has 0 unspecified atom stereocenters. The molecule has 0 aliphatic carbocycles. The zero-order valence-electron chi connectivity index (χ0n) is 13.0. The van der Waals surface area contributed by atoms with Crippen LogP contribution in [-0.4, -0.2) is 32.1 Å². The van der Waals surface area contributed by atoms with E-state index < -0.39 is 0 Å². The predicted molar refractivity (Wildman–Crippen MR) is 91.9 cm³/mol. The number of nitrogens with two attached hydrogens (primary N) is 1. The molecule has 120 valence electrons. The molecule has 0 fully saturated rings. The Morgan fingerprint density at radius 1 is 1.13 bits per heavy atom. The number of para-hydroxylation sites is 1. The molecule has 0 atom stereocenters. The third-order valence-electron chi connectivity index (χ3n) is 3.08. The van der Waals surface area contributed by atoms with Gasteiger partial charge in [0.05, 0.1) is 13.7 Å². The maximum absolute atomic E-state index is 11.9. The lowest BCUT2D eigenvalue weighted by Crippen LogP contribution is -2.28. The van der Waals surface area contributed by atoms with Gasteiger partial charge < -0.3 is 21.1 Å². The Morgan fingerprint density at radius 2 is 1.83 bits per heavy atom. The molecule has 0 aliphatic heterocycles. The summed E-state index contributed by atoms with van der Waals surface area (Å²) in [7, 11) is 1.58. The normalized spacial score (nSPS) is 10.9. The lowest BCUT2D eigenvalue weighted by molar-refractivity contribution is 0.0955. The van der Waals surface area contributed by atoms with Crippen LogP contribution in [0.25, 0.3) is 0 Å². The molecular formula is C17H20N4O2. The van der Waals surface area contributed by atoms with Crippen molar-refractivity contribution < 1.29 is 9.53 Å². The van der Waals surface area contributed by atoms with Crippen LogP contribution in [0, 0.1) is 0 Å². The van der Waals surface area contributed by atoms with E-state index in [-0.39, 0.29) is 5.91 Å². The maximum atomic E-state index is 11.9. The van der Waals surface area contributed by atoms with Crippen molar-refractivity contribution in [3.05, 3.63) is 60.2 Å². The summed E-state index contributed by atoms with van der Waals surface area (Å²) in [5.41, 5.74) is 7.22. The second kappa shape index (κ2) is 8.43. The van der Waals surface area contributed by atoms with E-state index in [1.54, 1.807) is 31.4 Å². The van der Waals surface area contributed by atoms with E-state index in [9.17, 15) is 4.79 Å². The van der Waals surface area contributed by atoms with Gasteiger partial charge in [-0.3, -0.25) is 9.79 Å². The number of carbonyl (C=O) groups is 1. The molecule has 2 aromatic carbocycles. The fourth-order valence-electron chi connectivity index (χ4n) is 1.90. The van der Waals surface area contributed by atoms with Gasteiger partial charge in [-0.1, -0.05) is 18.2 Å². The van der Waals surface area contributed by atoms with Crippen LogP contribution >= 0.6 is 0 Å². The molecule has 0 heterocycles. The lowest BCUT2D eigenvalue weighted by Gasteiger charge is -2.06. The van der Waals surface area contributed by atoms with Crippen LogP contribution in [0.4, 0.5) is 5.69 Å². The number of nitrogens with one attached hydrogen (secondary N) is 2. The van der Waals surface area contributed by atoms with Gasteiger partial charge in [0, 0.05) is 17.8 Å². The Labute approximate surface area is 135 Å². The smallest absolute Gasteiger partial charge is 0.251 e. The molecule has 2 aromatic rings. The largest absolute Gasteiger partial charge is 0.497 e. The number of nitrogens with zero attached hydrogens (tertiary/aromatic N) is 1. The van der Waals surface area contributed by atoms with Crippen molar-refractivity contribution in [2.24, 2.45) is 10.7 Å². The van der Waals surface area contributed by atoms with Gasteiger partial charge in [0.15, 0.2) is 5.96 Å². The van der Waals surface area contributed by atoms with Gasteiger partial charge >= 0.3 is 0 Å². The summed E-state index contributed by atoms with van der Waals surface area (Å²) < 4.78 is 5.05. The Morgan fingerprint density at radius 3 is 2.48 bits per heavy atom. The Hall–Kier alpha value is -3.02. The Bertz CT molecular complexity index is 654. The number of amides is 1. The number of hydrogen-bond acceptors (Lipinski definition) is 3.